The van der Waals surface area contributed by atoms with Crippen LogP contribution in [0.25, 0.3) is 0 Å². The van der Waals surface area contributed by atoms with E-state index in [0.717, 1.165) is 53.8 Å². The molecule has 1 aromatic carbocycles. The third-order valence-electron chi connectivity index (χ3n) is 4.98. The number of halogens is 3. The highest BCUT2D eigenvalue weighted by Gasteiger charge is 2.39. The molecule has 1 N–H and O–H groups in total. The van der Waals surface area contributed by atoms with Gasteiger partial charge in [0.25, 0.3) is 0 Å². The van der Waals surface area contributed by atoms with Gasteiger partial charge in [0.15, 0.2) is 5.78 Å². The number of benzene rings is 1. The number of thioether (sulfide) groups is 1. The van der Waals surface area contributed by atoms with Crippen LogP contribution >= 0.6 is 11.8 Å². The second-order valence-electron chi connectivity index (χ2n) is 6.65. The van der Waals surface area contributed by atoms with Crippen LogP contribution in [0.4, 0.5) is 13.2 Å². The predicted octanol–water partition coefficient (Wildman–Crippen LogP) is 5.14. The van der Waals surface area contributed by atoms with E-state index in [1.165, 1.54) is 12.1 Å². The van der Waals surface area contributed by atoms with Gasteiger partial charge in [-0.25, -0.2) is 0 Å². The molecular formula is C19H18F3NOS. The number of hydrogen-bond donors (Lipinski definition) is 1. The Bertz CT molecular complexity index is 794. The van der Waals surface area contributed by atoms with E-state index in [1.807, 2.05) is 0 Å². The molecule has 4 rings (SSSR count). The van der Waals surface area contributed by atoms with E-state index in [4.69, 9.17) is 0 Å². The second kappa shape index (κ2) is 6.24. The van der Waals surface area contributed by atoms with Crippen molar-refractivity contribution in [2.24, 2.45) is 0 Å². The molecule has 1 aliphatic carbocycles. The molecule has 1 aromatic rings. The van der Waals surface area contributed by atoms with Crippen LogP contribution in [-0.2, 0) is 11.0 Å². The number of allylic oxidation sites excluding steroid dienone is 4. The summed E-state index contributed by atoms with van der Waals surface area (Å²) in [5, 5.41) is 3.43. The fourth-order valence-electron chi connectivity index (χ4n) is 3.88. The molecule has 2 nitrogen and oxygen atoms in total. The first-order valence-corrected chi connectivity index (χ1v) is 9.50. The monoisotopic (exact) mass is 365 g/mol. The van der Waals surface area contributed by atoms with Gasteiger partial charge >= 0.3 is 6.18 Å². The van der Waals surface area contributed by atoms with Crippen LogP contribution < -0.4 is 5.32 Å². The summed E-state index contributed by atoms with van der Waals surface area (Å²) in [6.07, 6.45) is -0.379. The lowest BCUT2D eigenvalue weighted by atomic mass is 9.78. The minimum atomic E-state index is -4.38. The van der Waals surface area contributed by atoms with Gasteiger partial charge in [-0.05, 0) is 43.1 Å². The number of carbonyl (C=O) groups is 1. The Balaban J connectivity index is 1.86. The lowest BCUT2D eigenvalue weighted by Gasteiger charge is -2.37. The van der Waals surface area contributed by atoms with Crippen molar-refractivity contribution in [3.63, 3.8) is 0 Å². The van der Waals surface area contributed by atoms with Crippen LogP contribution in [0.15, 0.2) is 46.1 Å². The van der Waals surface area contributed by atoms with Gasteiger partial charge in [0.2, 0.25) is 0 Å². The zero-order chi connectivity index (χ0) is 17.6. The summed E-state index contributed by atoms with van der Waals surface area (Å²) in [5.74, 6) is 0.646. The van der Waals surface area contributed by atoms with Crippen molar-refractivity contribution in [1.29, 1.82) is 0 Å². The Hall–Kier alpha value is -1.69. The zero-order valence-electron chi connectivity index (χ0n) is 13.6. The van der Waals surface area contributed by atoms with E-state index >= 15 is 0 Å². The Kier molecular flexibility index (Phi) is 4.18. The normalized spacial score (nSPS) is 24.0. The summed E-state index contributed by atoms with van der Waals surface area (Å²) >= 11 is 1.67. The molecule has 132 valence electrons. The molecule has 1 atom stereocenters. The SMILES string of the molecule is O=C1CCCC2=C1C(c1cccc(C(F)(F)F)c1)C1=C(CCCS1)N2. The molecule has 3 aliphatic rings. The Labute approximate surface area is 148 Å². The van der Waals surface area contributed by atoms with Crippen molar-refractivity contribution < 1.29 is 18.0 Å². The standard InChI is InChI=1S/C19H18F3NOS/c20-19(21,22)12-5-1-4-11(10-12)16-17-13(6-2-8-15(17)24)23-14-7-3-9-25-18(14)16/h1,4-5,10,16,23H,2-3,6-9H2. The number of Topliss-reactive ketones (excluding diaryl/α,β-unsaturated/α-hetero) is 1. The lowest BCUT2D eigenvalue weighted by molar-refractivity contribution is -0.137. The zero-order valence-corrected chi connectivity index (χ0v) is 14.4. The minimum Gasteiger partial charge on any atom is -0.361 e. The first-order valence-electron chi connectivity index (χ1n) is 8.51. The molecule has 0 fully saturated rings. The van der Waals surface area contributed by atoms with Crippen LogP contribution in [0.5, 0.6) is 0 Å². The van der Waals surface area contributed by atoms with Crippen molar-refractivity contribution in [2.75, 3.05) is 5.75 Å². The van der Waals surface area contributed by atoms with Crippen LogP contribution in [0.2, 0.25) is 0 Å². The Morgan fingerprint density at radius 2 is 1.88 bits per heavy atom. The van der Waals surface area contributed by atoms with Gasteiger partial charge in [0, 0.05) is 34.2 Å². The third kappa shape index (κ3) is 3.01. The largest absolute Gasteiger partial charge is 0.416 e. The van der Waals surface area contributed by atoms with Gasteiger partial charge in [-0.3, -0.25) is 4.79 Å². The van der Waals surface area contributed by atoms with Crippen LogP contribution in [0, 0.1) is 0 Å². The summed E-state index contributed by atoms with van der Waals surface area (Å²) in [6, 6.07) is 5.47. The maximum atomic E-state index is 13.2. The molecular weight excluding hydrogens is 347 g/mol. The van der Waals surface area contributed by atoms with E-state index in [9.17, 15) is 18.0 Å². The van der Waals surface area contributed by atoms with Crippen molar-refractivity contribution in [2.45, 2.75) is 44.2 Å². The predicted molar refractivity (Wildman–Crippen MR) is 91.9 cm³/mol. The highest BCUT2D eigenvalue weighted by atomic mass is 32.2. The number of rotatable bonds is 1. The highest BCUT2D eigenvalue weighted by molar-refractivity contribution is 8.03. The second-order valence-corrected chi connectivity index (χ2v) is 7.78. The average molecular weight is 365 g/mol. The fourth-order valence-corrected chi connectivity index (χ4v) is 5.13. The highest BCUT2D eigenvalue weighted by Crippen LogP contribution is 2.49. The quantitative estimate of drug-likeness (QED) is 0.747. The molecule has 0 saturated carbocycles. The minimum absolute atomic E-state index is 0.0638. The smallest absolute Gasteiger partial charge is 0.361 e. The molecule has 0 saturated heterocycles. The Morgan fingerprint density at radius 3 is 2.68 bits per heavy atom. The number of carbonyl (C=O) groups excluding carboxylic acids is 1. The maximum Gasteiger partial charge on any atom is 0.416 e. The van der Waals surface area contributed by atoms with Crippen molar-refractivity contribution in [3.8, 4) is 0 Å². The fraction of sp³-hybridized carbons (Fsp3) is 0.421. The van der Waals surface area contributed by atoms with Crippen molar-refractivity contribution >= 4 is 17.5 Å². The third-order valence-corrected chi connectivity index (χ3v) is 6.27. The van der Waals surface area contributed by atoms with Crippen LogP contribution in [0.3, 0.4) is 0 Å². The molecule has 25 heavy (non-hydrogen) atoms. The molecule has 2 aliphatic heterocycles. The first-order chi connectivity index (χ1) is 11.9. The summed E-state index contributed by atoms with van der Waals surface area (Å²) in [4.78, 5) is 13.6. The molecule has 0 spiro atoms. The molecule has 6 heteroatoms. The van der Waals surface area contributed by atoms with E-state index in [0.29, 0.717) is 17.6 Å². The van der Waals surface area contributed by atoms with Gasteiger partial charge in [-0.15, -0.1) is 11.8 Å². The number of hydrogen-bond acceptors (Lipinski definition) is 3. The molecule has 2 heterocycles. The molecule has 0 aromatic heterocycles. The molecule has 0 amide bonds. The summed E-state index contributed by atoms with van der Waals surface area (Å²) in [6.45, 7) is 0. The summed E-state index contributed by atoms with van der Waals surface area (Å²) in [5.41, 5.74) is 2.60. The van der Waals surface area contributed by atoms with E-state index in [-0.39, 0.29) is 11.7 Å². The molecule has 0 radical (unpaired) electrons. The lowest BCUT2D eigenvalue weighted by Crippen LogP contribution is -2.32. The molecule has 1 unspecified atom stereocenters. The summed E-state index contributed by atoms with van der Waals surface area (Å²) in [7, 11) is 0. The van der Waals surface area contributed by atoms with Gasteiger partial charge < -0.3 is 5.32 Å². The van der Waals surface area contributed by atoms with Crippen LogP contribution in [0.1, 0.15) is 49.1 Å². The van der Waals surface area contributed by atoms with Gasteiger partial charge in [0.1, 0.15) is 0 Å². The number of alkyl halides is 3. The van der Waals surface area contributed by atoms with Gasteiger partial charge in [-0.2, -0.15) is 13.2 Å². The van der Waals surface area contributed by atoms with E-state index in [1.54, 1.807) is 17.8 Å². The van der Waals surface area contributed by atoms with Crippen molar-refractivity contribution in [1.82, 2.24) is 5.32 Å². The van der Waals surface area contributed by atoms with E-state index in [2.05, 4.69) is 5.32 Å². The van der Waals surface area contributed by atoms with E-state index < -0.39 is 11.7 Å². The first kappa shape index (κ1) is 16.8. The maximum absolute atomic E-state index is 13.2. The topological polar surface area (TPSA) is 29.1 Å². The Morgan fingerprint density at radius 1 is 1.08 bits per heavy atom. The number of ketones is 1. The summed E-state index contributed by atoms with van der Waals surface area (Å²) < 4.78 is 39.5. The van der Waals surface area contributed by atoms with Crippen molar-refractivity contribution in [3.05, 3.63) is 57.3 Å². The van der Waals surface area contributed by atoms with Gasteiger partial charge in [0.05, 0.1) is 5.56 Å². The number of nitrogens with one attached hydrogen (secondary N) is 1. The van der Waals surface area contributed by atoms with Gasteiger partial charge in [-0.1, -0.05) is 18.2 Å². The average Bonchev–Trinajstić information content (AvgIpc) is 2.59. The number of dihydropyridines is 1. The van der Waals surface area contributed by atoms with Crippen LogP contribution in [-0.4, -0.2) is 11.5 Å². The molecule has 0 bridgehead atoms.